The van der Waals surface area contributed by atoms with E-state index in [9.17, 15) is 4.79 Å². The molecular weight excluding hydrogens is 188 g/mol. The van der Waals surface area contributed by atoms with Gasteiger partial charge in [0.05, 0.1) is 5.92 Å². The molecule has 0 unspecified atom stereocenters. The zero-order chi connectivity index (χ0) is 10.9. The smallest absolute Gasteiger partial charge is 0.225 e. The number of unbranched alkanes of at least 4 members (excludes halogenated alkanes) is 5. The molecule has 3 nitrogen and oxygen atoms in total. The van der Waals surface area contributed by atoms with Gasteiger partial charge in [0.25, 0.3) is 0 Å². The van der Waals surface area contributed by atoms with Crippen molar-refractivity contribution in [1.29, 1.82) is 0 Å². The first-order valence-electron chi connectivity index (χ1n) is 6.33. The van der Waals surface area contributed by atoms with E-state index in [0.29, 0.717) is 0 Å². The van der Waals surface area contributed by atoms with Crippen molar-refractivity contribution in [2.75, 3.05) is 19.6 Å². The van der Waals surface area contributed by atoms with Gasteiger partial charge in [-0.15, -0.1) is 0 Å². The Labute approximate surface area is 93.0 Å². The molecule has 1 rings (SSSR count). The second-order valence-corrected chi connectivity index (χ2v) is 4.41. The van der Waals surface area contributed by atoms with Crippen LogP contribution in [-0.4, -0.2) is 25.5 Å². The van der Waals surface area contributed by atoms with Gasteiger partial charge in [-0.1, -0.05) is 39.0 Å². The molecule has 1 aliphatic rings. The quantitative estimate of drug-likeness (QED) is 0.601. The number of rotatable bonds is 8. The van der Waals surface area contributed by atoms with Crippen molar-refractivity contribution in [2.45, 2.75) is 45.4 Å². The summed E-state index contributed by atoms with van der Waals surface area (Å²) in [7, 11) is 0. The Morgan fingerprint density at radius 3 is 2.47 bits per heavy atom. The first-order chi connectivity index (χ1) is 7.34. The predicted molar refractivity (Wildman–Crippen MR) is 62.7 cm³/mol. The number of nitrogens with one attached hydrogen (secondary N) is 2. The van der Waals surface area contributed by atoms with Crippen LogP contribution in [-0.2, 0) is 4.79 Å². The summed E-state index contributed by atoms with van der Waals surface area (Å²) in [6, 6.07) is 0. The molecule has 1 heterocycles. The normalized spacial score (nSPS) is 16.1. The SMILES string of the molecule is CCCCCCCCNC(=O)C1CNC1. The summed E-state index contributed by atoms with van der Waals surface area (Å²) in [5, 5.41) is 6.10. The highest BCUT2D eigenvalue weighted by molar-refractivity contribution is 5.79. The van der Waals surface area contributed by atoms with Crippen LogP contribution in [0.5, 0.6) is 0 Å². The molecule has 1 amide bonds. The molecule has 0 aromatic heterocycles. The molecule has 0 spiro atoms. The second-order valence-electron chi connectivity index (χ2n) is 4.41. The third kappa shape index (κ3) is 5.17. The lowest BCUT2D eigenvalue weighted by Gasteiger charge is -2.25. The van der Waals surface area contributed by atoms with E-state index in [4.69, 9.17) is 0 Å². The van der Waals surface area contributed by atoms with Crippen molar-refractivity contribution < 1.29 is 4.79 Å². The van der Waals surface area contributed by atoms with Crippen molar-refractivity contribution in [3.63, 3.8) is 0 Å². The number of carbonyl (C=O) groups excluding carboxylic acids is 1. The van der Waals surface area contributed by atoms with E-state index in [2.05, 4.69) is 17.6 Å². The van der Waals surface area contributed by atoms with Gasteiger partial charge in [0, 0.05) is 19.6 Å². The van der Waals surface area contributed by atoms with Crippen LogP contribution in [0.3, 0.4) is 0 Å². The average molecular weight is 212 g/mol. The predicted octanol–water partition coefficient (Wildman–Crippen LogP) is 1.68. The van der Waals surface area contributed by atoms with Gasteiger partial charge in [0.1, 0.15) is 0 Å². The van der Waals surface area contributed by atoms with Gasteiger partial charge in [-0.25, -0.2) is 0 Å². The summed E-state index contributed by atoms with van der Waals surface area (Å²) >= 11 is 0. The van der Waals surface area contributed by atoms with E-state index in [1.807, 2.05) is 0 Å². The lowest BCUT2D eigenvalue weighted by Crippen LogP contribution is -2.50. The summed E-state index contributed by atoms with van der Waals surface area (Å²) < 4.78 is 0. The second kappa shape index (κ2) is 7.69. The molecule has 1 fully saturated rings. The molecule has 88 valence electrons. The van der Waals surface area contributed by atoms with Crippen LogP contribution in [0.15, 0.2) is 0 Å². The molecule has 0 saturated carbocycles. The Balaban J connectivity index is 1.81. The number of carbonyl (C=O) groups is 1. The van der Waals surface area contributed by atoms with Crippen LogP contribution in [0.4, 0.5) is 0 Å². The van der Waals surface area contributed by atoms with Crippen LogP contribution in [0.1, 0.15) is 45.4 Å². The third-order valence-electron chi connectivity index (χ3n) is 2.98. The molecule has 1 aliphatic heterocycles. The maximum Gasteiger partial charge on any atom is 0.225 e. The number of amides is 1. The first-order valence-corrected chi connectivity index (χ1v) is 6.33. The van der Waals surface area contributed by atoms with Gasteiger partial charge in [-0.3, -0.25) is 4.79 Å². The van der Waals surface area contributed by atoms with Crippen molar-refractivity contribution >= 4 is 5.91 Å². The Kier molecular flexibility index (Phi) is 6.41. The number of hydrogen-bond acceptors (Lipinski definition) is 2. The minimum absolute atomic E-state index is 0.238. The molecular formula is C12H24N2O. The minimum atomic E-state index is 0.238. The Hall–Kier alpha value is -0.570. The van der Waals surface area contributed by atoms with E-state index >= 15 is 0 Å². The summed E-state index contributed by atoms with van der Waals surface area (Å²) in [4.78, 5) is 11.4. The van der Waals surface area contributed by atoms with Gasteiger partial charge in [-0.05, 0) is 6.42 Å². The zero-order valence-electron chi connectivity index (χ0n) is 9.85. The van der Waals surface area contributed by atoms with E-state index in [1.54, 1.807) is 0 Å². The van der Waals surface area contributed by atoms with Crippen molar-refractivity contribution in [2.24, 2.45) is 5.92 Å². The van der Waals surface area contributed by atoms with E-state index in [0.717, 1.165) is 26.1 Å². The Bertz CT molecular complexity index is 178. The average Bonchev–Trinajstić information content (AvgIpc) is 2.14. The van der Waals surface area contributed by atoms with Crippen molar-refractivity contribution in [3.8, 4) is 0 Å². The lowest BCUT2D eigenvalue weighted by atomic mass is 10.0. The minimum Gasteiger partial charge on any atom is -0.356 e. The van der Waals surface area contributed by atoms with Gasteiger partial charge in [0.2, 0.25) is 5.91 Å². The standard InChI is InChI=1S/C12H24N2O/c1-2-3-4-5-6-7-8-14-12(15)11-9-13-10-11/h11,13H,2-10H2,1H3,(H,14,15). The summed E-state index contributed by atoms with van der Waals surface area (Å²) in [5.74, 6) is 0.479. The van der Waals surface area contributed by atoms with E-state index in [1.165, 1.54) is 32.1 Å². The highest BCUT2D eigenvalue weighted by Gasteiger charge is 2.23. The van der Waals surface area contributed by atoms with Crippen LogP contribution in [0.25, 0.3) is 0 Å². The topological polar surface area (TPSA) is 41.1 Å². The fourth-order valence-corrected chi connectivity index (χ4v) is 1.74. The molecule has 0 atom stereocenters. The molecule has 15 heavy (non-hydrogen) atoms. The molecule has 0 aromatic rings. The van der Waals surface area contributed by atoms with Crippen LogP contribution >= 0.6 is 0 Å². The maximum absolute atomic E-state index is 11.4. The lowest BCUT2D eigenvalue weighted by molar-refractivity contribution is -0.126. The van der Waals surface area contributed by atoms with Gasteiger partial charge in [-0.2, -0.15) is 0 Å². The molecule has 0 radical (unpaired) electrons. The molecule has 3 heteroatoms. The van der Waals surface area contributed by atoms with Crippen molar-refractivity contribution in [3.05, 3.63) is 0 Å². The van der Waals surface area contributed by atoms with Crippen LogP contribution in [0, 0.1) is 5.92 Å². The Morgan fingerprint density at radius 1 is 1.20 bits per heavy atom. The molecule has 0 bridgehead atoms. The summed E-state index contributed by atoms with van der Waals surface area (Å²) in [6.45, 7) is 4.82. The van der Waals surface area contributed by atoms with Crippen LogP contribution < -0.4 is 10.6 Å². The fourth-order valence-electron chi connectivity index (χ4n) is 1.74. The summed E-state index contributed by atoms with van der Waals surface area (Å²) in [6.07, 6.45) is 7.69. The largest absolute Gasteiger partial charge is 0.356 e. The van der Waals surface area contributed by atoms with E-state index < -0.39 is 0 Å². The highest BCUT2D eigenvalue weighted by Crippen LogP contribution is 2.05. The van der Waals surface area contributed by atoms with Gasteiger partial charge >= 0.3 is 0 Å². The first kappa shape index (κ1) is 12.5. The van der Waals surface area contributed by atoms with Gasteiger partial charge in [0.15, 0.2) is 0 Å². The zero-order valence-corrected chi connectivity index (χ0v) is 9.85. The molecule has 2 N–H and O–H groups in total. The number of hydrogen-bond donors (Lipinski definition) is 2. The Morgan fingerprint density at radius 2 is 1.87 bits per heavy atom. The van der Waals surface area contributed by atoms with Crippen LogP contribution in [0.2, 0.25) is 0 Å². The highest BCUT2D eigenvalue weighted by atomic mass is 16.2. The third-order valence-corrected chi connectivity index (χ3v) is 2.98. The fraction of sp³-hybridized carbons (Fsp3) is 0.917. The van der Waals surface area contributed by atoms with E-state index in [-0.39, 0.29) is 11.8 Å². The monoisotopic (exact) mass is 212 g/mol. The van der Waals surface area contributed by atoms with Crippen molar-refractivity contribution in [1.82, 2.24) is 10.6 Å². The summed E-state index contributed by atoms with van der Waals surface area (Å²) in [5.41, 5.74) is 0. The maximum atomic E-state index is 11.4. The van der Waals surface area contributed by atoms with Gasteiger partial charge < -0.3 is 10.6 Å². The molecule has 0 aromatic carbocycles. The molecule has 1 saturated heterocycles. The molecule has 0 aliphatic carbocycles.